The highest BCUT2D eigenvalue weighted by molar-refractivity contribution is 6.25. The van der Waals surface area contributed by atoms with Crippen molar-refractivity contribution in [3.63, 3.8) is 0 Å². The average Bonchev–Trinajstić information content (AvgIpc) is 2.90. The minimum Gasteiger partial charge on any atom is -0.510 e. The number of hydrogen-bond donors (Lipinski definition) is 5. The van der Waals surface area contributed by atoms with Crippen LogP contribution in [-0.2, 0) is 16.0 Å². The molecule has 4 atom stereocenters. The van der Waals surface area contributed by atoms with Gasteiger partial charge in [0, 0.05) is 42.4 Å². The number of carbonyl (C=O) groups is 4. The van der Waals surface area contributed by atoms with Crippen LogP contribution in [0.3, 0.4) is 0 Å². The lowest BCUT2D eigenvalue weighted by atomic mass is 9.58. The summed E-state index contributed by atoms with van der Waals surface area (Å²) in [5, 5.41) is 45.7. The van der Waals surface area contributed by atoms with Crippen molar-refractivity contribution in [2.75, 3.05) is 33.1 Å². The number of amides is 1. The van der Waals surface area contributed by atoms with Gasteiger partial charge in [0.2, 0.25) is 5.78 Å². The van der Waals surface area contributed by atoms with Crippen LogP contribution in [0.5, 0.6) is 5.75 Å². The number of primary amides is 1. The molecule has 0 radical (unpaired) electrons. The lowest BCUT2D eigenvalue weighted by Gasteiger charge is -2.50. The Bertz CT molecular complexity index is 1640. The number of ketones is 3. The predicted molar refractivity (Wildman–Crippen MR) is 153 cm³/mol. The molecule has 6 N–H and O–H groups in total. The summed E-state index contributed by atoms with van der Waals surface area (Å²) >= 11 is 0. The first-order valence-electron chi connectivity index (χ1n) is 13.4. The lowest BCUT2D eigenvalue weighted by molar-refractivity contribution is -0.148. The zero-order valence-electron chi connectivity index (χ0n) is 23.9. The van der Waals surface area contributed by atoms with Gasteiger partial charge in [0.1, 0.15) is 22.8 Å². The smallest absolute Gasteiger partial charge is 0.255 e. The maximum atomic E-state index is 14.2. The van der Waals surface area contributed by atoms with Crippen molar-refractivity contribution in [1.82, 2.24) is 4.90 Å². The van der Waals surface area contributed by atoms with Gasteiger partial charge in [0.25, 0.3) is 5.91 Å². The number of nitrogens with two attached hydrogens (primary N) is 1. The van der Waals surface area contributed by atoms with E-state index < -0.39 is 58.0 Å². The summed E-state index contributed by atoms with van der Waals surface area (Å²) in [6.45, 7) is 1.44. The lowest BCUT2D eigenvalue weighted by Crippen LogP contribution is -2.63. The number of nitrogens with zero attached hydrogens (tertiary/aromatic N) is 2. The number of aliphatic hydroxyl groups excluding tert-OH is 2. The van der Waals surface area contributed by atoms with Gasteiger partial charge in [0.15, 0.2) is 17.2 Å². The summed E-state index contributed by atoms with van der Waals surface area (Å²) in [5.41, 5.74) is 4.05. The SMILES string of the molecule is CC(=O)c1ccc(-c2cc(N(C)C)c3c(c2O)C(=O)C2=C(O)[C@]4(O)C(=O)C(C(N)=O)=C(O)[C@@H](N(C)C)[C@H]4C[C@H]2C3)cc1. The minimum atomic E-state index is -2.70. The number of carbonyl (C=O) groups excluding carboxylic acids is 4. The summed E-state index contributed by atoms with van der Waals surface area (Å²) in [4.78, 5) is 54.9. The standard InChI is InChI=1S/C31H33N3O8/c1-13(35)14-6-8-15(9-7-14)17-12-20(33(2)3)18-10-16-11-19-24(34(4)5)27(38)23(30(32)41)29(40)31(19,42)28(39)21(16)26(37)22(18)25(17)36/h6-9,12,16,19,24,36,38-39,42H,10-11H2,1-5H3,(H2,32,41)/t16-,19-,24+,31+/m1/s1. The van der Waals surface area contributed by atoms with E-state index in [2.05, 4.69) is 0 Å². The monoisotopic (exact) mass is 575 g/mol. The van der Waals surface area contributed by atoms with Gasteiger partial charge in [-0.3, -0.25) is 24.1 Å². The molecule has 220 valence electrons. The van der Waals surface area contributed by atoms with Crippen LogP contribution >= 0.6 is 0 Å². The Kier molecular flexibility index (Phi) is 6.78. The molecule has 11 nitrogen and oxygen atoms in total. The summed E-state index contributed by atoms with van der Waals surface area (Å²) < 4.78 is 0. The van der Waals surface area contributed by atoms with Gasteiger partial charge in [-0.2, -0.15) is 0 Å². The number of allylic oxidation sites excluding steroid dienone is 1. The molecule has 11 heteroatoms. The van der Waals surface area contributed by atoms with E-state index in [1.807, 2.05) is 0 Å². The fourth-order valence-electron chi connectivity index (χ4n) is 6.80. The second kappa shape index (κ2) is 9.81. The summed E-state index contributed by atoms with van der Waals surface area (Å²) in [6, 6.07) is 7.24. The maximum Gasteiger partial charge on any atom is 0.255 e. The second-order valence-electron chi connectivity index (χ2n) is 11.6. The van der Waals surface area contributed by atoms with E-state index in [1.165, 1.54) is 11.8 Å². The highest BCUT2D eigenvalue weighted by Gasteiger charge is 2.63. The normalized spacial score (nSPS) is 25.3. The number of hydrogen-bond acceptors (Lipinski definition) is 10. The highest BCUT2D eigenvalue weighted by Crippen LogP contribution is 2.54. The molecule has 0 aromatic heterocycles. The van der Waals surface area contributed by atoms with Gasteiger partial charge in [-0.25, -0.2) is 0 Å². The van der Waals surface area contributed by atoms with Crippen molar-refractivity contribution < 1.29 is 39.6 Å². The molecule has 0 fully saturated rings. The molecule has 42 heavy (non-hydrogen) atoms. The van der Waals surface area contributed by atoms with Crippen LogP contribution in [0.1, 0.15) is 39.6 Å². The molecule has 3 aliphatic rings. The van der Waals surface area contributed by atoms with Crippen LogP contribution in [0.4, 0.5) is 5.69 Å². The van der Waals surface area contributed by atoms with Crippen molar-refractivity contribution in [2.45, 2.75) is 31.4 Å². The summed E-state index contributed by atoms with van der Waals surface area (Å²) in [5.74, 6) is -7.09. The number of phenols is 1. The number of benzene rings is 2. The number of phenolic OH excluding ortho intramolecular Hbond substituents is 1. The van der Waals surface area contributed by atoms with Crippen molar-refractivity contribution in [3.05, 3.63) is 69.7 Å². The van der Waals surface area contributed by atoms with Gasteiger partial charge in [-0.05, 0) is 57.0 Å². The maximum absolute atomic E-state index is 14.2. The van der Waals surface area contributed by atoms with Crippen molar-refractivity contribution in [2.24, 2.45) is 17.6 Å². The molecule has 0 spiro atoms. The molecule has 0 aliphatic heterocycles. The second-order valence-corrected chi connectivity index (χ2v) is 11.6. The van der Waals surface area contributed by atoms with E-state index in [0.29, 0.717) is 27.9 Å². The quantitative estimate of drug-likeness (QED) is 0.261. The molecule has 1 amide bonds. The van der Waals surface area contributed by atoms with Crippen LogP contribution in [0.15, 0.2) is 53.0 Å². The van der Waals surface area contributed by atoms with E-state index in [1.54, 1.807) is 63.4 Å². The molecule has 0 saturated heterocycles. The molecule has 0 unspecified atom stereocenters. The fourth-order valence-corrected chi connectivity index (χ4v) is 6.80. The minimum absolute atomic E-state index is 0.00759. The number of rotatable bonds is 5. The van der Waals surface area contributed by atoms with Crippen LogP contribution < -0.4 is 10.6 Å². The van der Waals surface area contributed by atoms with E-state index in [9.17, 15) is 39.6 Å². The zero-order valence-corrected chi connectivity index (χ0v) is 23.9. The van der Waals surface area contributed by atoms with Crippen molar-refractivity contribution in [3.8, 4) is 16.9 Å². The first-order valence-corrected chi connectivity index (χ1v) is 13.4. The van der Waals surface area contributed by atoms with Gasteiger partial charge in [0.05, 0.1) is 11.6 Å². The molecule has 3 aliphatic carbocycles. The first-order chi connectivity index (χ1) is 19.6. The number of likely N-dealkylation sites (N-methyl/N-ethyl adjacent to an activating group) is 1. The molecular formula is C31H33N3O8. The third-order valence-corrected chi connectivity index (χ3v) is 8.78. The van der Waals surface area contributed by atoms with E-state index in [0.717, 1.165) is 0 Å². The van der Waals surface area contributed by atoms with Gasteiger partial charge >= 0.3 is 0 Å². The molecular weight excluding hydrogens is 542 g/mol. The summed E-state index contributed by atoms with van der Waals surface area (Å²) in [7, 11) is 6.75. The number of aromatic hydroxyl groups is 1. The Morgan fingerprint density at radius 1 is 1.02 bits per heavy atom. The fraction of sp³-hybridized carbons (Fsp3) is 0.355. The predicted octanol–water partition coefficient (Wildman–Crippen LogP) is 2.06. The number of fused-ring (bicyclic) bond motifs is 3. The van der Waals surface area contributed by atoms with Gasteiger partial charge in [-0.15, -0.1) is 0 Å². The number of anilines is 1. The van der Waals surface area contributed by atoms with Crippen LogP contribution in [-0.4, -0.2) is 88.4 Å². The number of aliphatic hydroxyl groups is 3. The van der Waals surface area contributed by atoms with Crippen LogP contribution in [0, 0.1) is 11.8 Å². The third-order valence-electron chi connectivity index (χ3n) is 8.78. The topological polar surface area (TPSA) is 182 Å². The van der Waals surface area contributed by atoms with Gasteiger partial charge in [-0.1, -0.05) is 24.3 Å². The van der Waals surface area contributed by atoms with Crippen LogP contribution in [0.2, 0.25) is 0 Å². The average molecular weight is 576 g/mol. The summed E-state index contributed by atoms with van der Waals surface area (Å²) in [6.07, 6.45) is 0.187. The van der Waals surface area contributed by atoms with Crippen LogP contribution in [0.25, 0.3) is 11.1 Å². The van der Waals surface area contributed by atoms with Gasteiger partial charge < -0.3 is 31.1 Å². The first kappa shape index (κ1) is 29.0. The molecule has 0 saturated carbocycles. The molecule has 2 aromatic rings. The molecule has 0 bridgehead atoms. The van der Waals surface area contributed by atoms with E-state index >= 15 is 0 Å². The van der Waals surface area contributed by atoms with E-state index in [4.69, 9.17) is 5.73 Å². The Labute approximate surface area is 242 Å². The Morgan fingerprint density at radius 3 is 2.17 bits per heavy atom. The Morgan fingerprint density at radius 2 is 1.64 bits per heavy atom. The Hall–Kier alpha value is -4.48. The zero-order chi connectivity index (χ0) is 31.0. The highest BCUT2D eigenvalue weighted by atomic mass is 16.3. The largest absolute Gasteiger partial charge is 0.510 e. The third kappa shape index (κ3) is 3.95. The van der Waals surface area contributed by atoms with E-state index in [-0.39, 0.29) is 35.5 Å². The van der Waals surface area contributed by atoms with Crippen molar-refractivity contribution >= 4 is 28.9 Å². The molecule has 0 heterocycles. The number of Topliss-reactive ketones (excluding diaryl/α,β-unsaturated/α-hetero) is 3. The van der Waals surface area contributed by atoms with Crippen molar-refractivity contribution in [1.29, 1.82) is 0 Å². The molecule has 2 aromatic carbocycles. The Balaban J connectivity index is 1.73. The molecule has 5 rings (SSSR count).